The molecular weight excluding hydrogens is 340 g/mol. The van der Waals surface area contributed by atoms with E-state index in [1.54, 1.807) is 0 Å². The summed E-state index contributed by atoms with van der Waals surface area (Å²) in [6, 6.07) is 0. The third kappa shape index (κ3) is 19.9. The van der Waals surface area contributed by atoms with E-state index in [0.29, 0.717) is 19.1 Å². The van der Waals surface area contributed by atoms with Gasteiger partial charge in [0.1, 0.15) is 0 Å². The second kappa shape index (κ2) is 21.7. The van der Waals surface area contributed by atoms with Crippen LogP contribution >= 0.6 is 0 Å². The number of hydrogen-bond donors (Lipinski definition) is 1. The van der Waals surface area contributed by atoms with Gasteiger partial charge in [0.15, 0.2) is 0 Å². The molecule has 0 aromatic rings. The summed E-state index contributed by atoms with van der Waals surface area (Å²) in [5, 5.41) is 8.67. The number of esters is 1. The van der Waals surface area contributed by atoms with Crippen molar-refractivity contribution in [1.29, 1.82) is 0 Å². The Morgan fingerprint density at radius 1 is 0.778 bits per heavy atom. The van der Waals surface area contributed by atoms with Crippen LogP contribution in [-0.2, 0) is 14.3 Å². The zero-order chi connectivity index (χ0) is 20.0. The van der Waals surface area contributed by atoms with Gasteiger partial charge < -0.3 is 14.6 Å². The summed E-state index contributed by atoms with van der Waals surface area (Å²) < 4.78 is 10.6. The monoisotopic (exact) mass is 386 g/mol. The summed E-state index contributed by atoms with van der Waals surface area (Å²) in [5.74, 6) is 0.327. The van der Waals surface area contributed by atoms with Crippen molar-refractivity contribution < 1.29 is 19.4 Å². The quantitative estimate of drug-likeness (QED) is 0.193. The molecule has 0 saturated carbocycles. The lowest BCUT2D eigenvalue weighted by atomic mass is 9.95. The molecule has 0 aliphatic carbocycles. The summed E-state index contributed by atoms with van der Waals surface area (Å²) in [7, 11) is 0. The minimum atomic E-state index is -0.177. The van der Waals surface area contributed by atoms with Crippen LogP contribution < -0.4 is 0 Å². The Kier molecular flexibility index (Phi) is 21.2. The molecule has 0 atom stereocenters. The van der Waals surface area contributed by atoms with Gasteiger partial charge >= 0.3 is 5.97 Å². The second-order valence-corrected chi connectivity index (χ2v) is 7.75. The number of aliphatic hydroxyl groups is 1. The Bertz CT molecular complexity index is 291. The van der Waals surface area contributed by atoms with Crippen molar-refractivity contribution in [2.45, 2.75) is 110 Å². The average molecular weight is 387 g/mol. The number of carbonyl (C=O) groups is 1. The van der Waals surface area contributed by atoms with Gasteiger partial charge in [-0.3, -0.25) is 4.79 Å². The topological polar surface area (TPSA) is 55.8 Å². The predicted octanol–water partition coefficient (Wildman–Crippen LogP) is 6.05. The first-order valence-corrected chi connectivity index (χ1v) is 11.6. The Hall–Kier alpha value is -0.610. The van der Waals surface area contributed by atoms with Crippen LogP contribution in [0.2, 0.25) is 0 Å². The molecule has 0 spiro atoms. The fourth-order valence-corrected chi connectivity index (χ4v) is 3.34. The molecule has 0 aromatic carbocycles. The third-order valence-electron chi connectivity index (χ3n) is 5.10. The van der Waals surface area contributed by atoms with Crippen molar-refractivity contribution in [2.24, 2.45) is 5.92 Å². The molecule has 1 N–H and O–H groups in total. The highest BCUT2D eigenvalue weighted by Gasteiger charge is 2.12. The fraction of sp³-hybridized carbons (Fsp3) is 0.957. The Morgan fingerprint density at radius 2 is 1.30 bits per heavy atom. The molecule has 0 saturated heterocycles. The first-order chi connectivity index (χ1) is 13.2. The van der Waals surface area contributed by atoms with Crippen molar-refractivity contribution >= 4 is 5.97 Å². The van der Waals surface area contributed by atoms with Gasteiger partial charge in [0, 0.05) is 0 Å². The van der Waals surface area contributed by atoms with Crippen molar-refractivity contribution in [3.05, 3.63) is 0 Å². The van der Waals surface area contributed by atoms with Crippen molar-refractivity contribution in [2.75, 3.05) is 26.4 Å². The molecule has 0 unspecified atom stereocenters. The van der Waals surface area contributed by atoms with Crippen molar-refractivity contribution in [3.8, 4) is 0 Å². The molecule has 4 nitrogen and oxygen atoms in total. The first kappa shape index (κ1) is 26.4. The molecule has 162 valence electrons. The number of hydrogen-bond acceptors (Lipinski definition) is 4. The van der Waals surface area contributed by atoms with E-state index >= 15 is 0 Å². The summed E-state index contributed by atoms with van der Waals surface area (Å²) in [4.78, 5) is 11.8. The van der Waals surface area contributed by atoms with Crippen LogP contribution in [0, 0.1) is 5.92 Å². The van der Waals surface area contributed by atoms with E-state index in [0.717, 1.165) is 0 Å². The Balaban J connectivity index is 3.97. The average Bonchev–Trinajstić information content (AvgIpc) is 2.68. The first-order valence-electron chi connectivity index (χ1n) is 11.6. The Morgan fingerprint density at radius 3 is 1.81 bits per heavy atom. The summed E-state index contributed by atoms with van der Waals surface area (Å²) in [6.45, 7) is 5.67. The smallest absolute Gasteiger partial charge is 0.308 e. The van der Waals surface area contributed by atoms with E-state index in [2.05, 4.69) is 13.8 Å². The van der Waals surface area contributed by atoms with E-state index in [4.69, 9.17) is 14.6 Å². The highest BCUT2D eigenvalue weighted by molar-refractivity contribution is 5.69. The molecule has 0 aromatic heterocycles. The van der Waals surface area contributed by atoms with Gasteiger partial charge in [-0.2, -0.15) is 0 Å². The van der Waals surface area contributed by atoms with Crippen LogP contribution in [-0.4, -0.2) is 37.5 Å². The van der Waals surface area contributed by atoms with Gasteiger partial charge in [0.2, 0.25) is 0 Å². The van der Waals surface area contributed by atoms with Gasteiger partial charge in [-0.15, -0.1) is 0 Å². The lowest BCUT2D eigenvalue weighted by Gasteiger charge is -2.17. The fourth-order valence-electron chi connectivity index (χ4n) is 3.34. The van der Waals surface area contributed by atoms with Crippen LogP contribution in [0.25, 0.3) is 0 Å². The van der Waals surface area contributed by atoms with Crippen LogP contribution in [0.4, 0.5) is 0 Å². The maximum atomic E-state index is 11.8. The lowest BCUT2D eigenvalue weighted by molar-refractivity contribution is -0.146. The molecule has 27 heavy (non-hydrogen) atoms. The summed E-state index contributed by atoms with van der Waals surface area (Å²) in [6.07, 6.45) is 18.4. The minimum absolute atomic E-state index is 0.00632. The minimum Gasteiger partial charge on any atom is -0.465 e. The lowest BCUT2D eigenvalue weighted by Crippen LogP contribution is -2.16. The maximum absolute atomic E-state index is 11.8. The molecule has 0 aliphatic heterocycles. The number of unbranched alkanes of at least 4 members (excludes halogenated alkanes) is 10. The van der Waals surface area contributed by atoms with E-state index < -0.39 is 0 Å². The molecule has 0 amide bonds. The van der Waals surface area contributed by atoms with Gasteiger partial charge in [-0.1, -0.05) is 90.9 Å². The molecule has 0 fully saturated rings. The molecule has 0 aliphatic rings. The third-order valence-corrected chi connectivity index (χ3v) is 5.10. The predicted molar refractivity (Wildman–Crippen MR) is 113 cm³/mol. The van der Waals surface area contributed by atoms with E-state index in [1.165, 1.54) is 89.9 Å². The zero-order valence-electron chi connectivity index (χ0n) is 18.2. The van der Waals surface area contributed by atoms with Gasteiger partial charge in [0.05, 0.1) is 32.8 Å². The highest BCUT2D eigenvalue weighted by atomic mass is 16.5. The standard InChI is InChI=1S/C23H46O4/c1-3-5-7-9-11-13-15-22(16-14-12-10-8-6-4-2)21-27-23(25)17-19-26-20-18-24/h22,24H,3-21H2,1-2H3. The molecule has 4 heteroatoms. The van der Waals surface area contributed by atoms with Gasteiger partial charge in [-0.05, 0) is 18.8 Å². The number of rotatable bonds is 21. The SMILES string of the molecule is CCCCCCCCC(CCCCCCCC)COC(=O)CCOCCO. The van der Waals surface area contributed by atoms with Crippen molar-refractivity contribution in [1.82, 2.24) is 0 Å². The number of carbonyl (C=O) groups excluding carboxylic acids is 1. The Labute approximate surface area is 168 Å². The number of aliphatic hydroxyl groups excluding tert-OH is 1. The normalized spacial score (nSPS) is 11.3. The van der Waals surface area contributed by atoms with Crippen LogP contribution in [0.1, 0.15) is 110 Å². The zero-order valence-corrected chi connectivity index (χ0v) is 18.2. The molecular formula is C23H46O4. The van der Waals surface area contributed by atoms with Gasteiger partial charge in [0.25, 0.3) is 0 Å². The van der Waals surface area contributed by atoms with E-state index in [1.807, 2.05) is 0 Å². The molecule has 0 bridgehead atoms. The van der Waals surface area contributed by atoms with Crippen molar-refractivity contribution in [3.63, 3.8) is 0 Å². The van der Waals surface area contributed by atoms with Crippen LogP contribution in [0.3, 0.4) is 0 Å². The second-order valence-electron chi connectivity index (χ2n) is 7.75. The molecule has 0 radical (unpaired) electrons. The van der Waals surface area contributed by atoms with Crippen LogP contribution in [0.5, 0.6) is 0 Å². The molecule has 0 heterocycles. The van der Waals surface area contributed by atoms with E-state index in [9.17, 15) is 4.79 Å². The number of ether oxygens (including phenoxy) is 2. The largest absolute Gasteiger partial charge is 0.465 e. The van der Waals surface area contributed by atoms with E-state index in [-0.39, 0.29) is 25.6 Å². The summed E-state index contributed by atoms with van der Waals surface area (Å²) in [5.41, 5.74) is 0. The van der Waals surface area contributed by atoms with Gasteiger partial charge in [-0.25, -0.2) is 0 Å². The summed E-state index contributed by atoms with van der Waals surface area (Å²) >= 11 is 0. The molecule has 0 rings (SSSR count). The highest BCUT2D eigenvalue weighted by Crippen LogP contribution is 2.20. The maximum Gasteiger partial charge on any atom is 0.308 e. The van der Waals surface area contributed by atoms with Crippen LogP contribution in [0.15, 0.2) is 0 Å².